The molecule has 1 aliphatic rings. The molecule has 2 aromatic heterocycles. The molecule has 0 saturated carbocycles. The molecule has 0 saturated heterocycles. The summed E-state index contributed by atoms with van der Waals surface area (Å²) in [5, 5.41) is 21.9. The Bertz CT molecular complexity index is 1110. The molecule has 2 heterocycles. The fourth-order valence-corrected chi connectivity index (χ4v) is 3.84. The predicted octanol–water partition coefficient (Wildman–Crippen LogP) is 3.37. The van der Waals surface area contributed by atoms with E-state index < -0.39 is 12.9 Å². The molecule has 0 fully saturated rings. The summed E-state index contributed by atoms with van der Waals surface area (Å²) in [4.78, 5) is 0. The summed E-state index contributed by atoms with van der Waals surface area (Å²) in [6, 6.07) is 18.6. The SMILES string of the molecule is OB(O)C1C=Cc2c3ccccc3n3c2c1cc1ccccc13. The molecule has 0 amide bonds. The smallest absolute Gasteiger partial charge is 0.426 e. The first-order valence-electron chi connectivity index (χ1n) is 7.75. The Morgan fingerprint density at radius 2 is 1.65 bits per heavy atom. The van der Waals surface area contributed by atoms with Crippen molar-refractivity contribution in [1.82, 2.24) is 4.40 Å². The van der Waals surface area contributed by atoms with Crippen molar-refractivity contribution in [2.75, 3.05) is 0 Å². The van der Waals surface area contributed by atoms with Crippen LogP contribution in [0, 0.1) is 0 Å². The van der Waals surface area contributed by atoms with Gasteiger partial charge in [-0.3, -0.25) is 0 Å². The van der Waals surface area contributed by atoms with Crippen LogP contribution in [0.2, 0.25) is 0 Å². The fraction of sp³-hybridized carbons (Fsp3) is 0.0526. The third-order valence-corrected chi connectivity index (χ3v) is 4.83. The van der Waals surface area contributed by atoms with Crippen LogP contribution in [-0.2, 0) is 0 Å². The summed E-state index contributed by atoms with van der Waals surface area (Å²) in [5.74, 6) is -0.404. The van der Waals surface area contributed by atoms with Gasteiger partial charge in [0, 0.05) is 16.8 Å². The summed E-state index contributed by atoms with van der Waals surface area (Å²) >= 11 is 0. The van der Waals surface area contributed by atoms with Gasteiger partial charge < -0.3 is 14.4 Å². The number of hydrogen-bond donors (Lipinski definition) is 2. The van der Waals surface area contributed by atoms with Crippen molar-refractivity contribution in [1.29, 1.82) is 0 Å². The second-order valence-electron chi connectivity index (χ2n) is 6.07. The van der Waals surface area contributed by atoms with E-state index in [0.29, 0.717) is 0 Å². The van der Waals surface area contributed by atoms with E-state index in [1.165, 1.54) is 5.39 Å². The number of nitrogens with zero attached hydrogens (tertiary/aromatic N) is 1. The van der Waals surface area contributed by atoms with Gasteiger partial charge in [-0.1, -0.05) is 48.6 Å². The zero-order valence-corrected chi connectivity index (χ0v) is 12.3. The van der Waals surface area contributed by atoms with Crippen LogP contribution in [0.1, 0.15) is 16.9 Å². The van der Waals surface area contributed by atoms with E-state index in [2.05, 4.69) is 34.7 Å². The summed E-state index contributed by atoms with van der Waals surface area (Å²) in [6.07, 6.45) is 3.91. The molecule has 110 valence electrons. The number of pyridine rings is 1. The summed E-state index contributed by atoms with van der Waals surface area (Å²) in [7, 11) is -1.40. The van der Waals surface area contributed by atoms with E-state index in [-0.39, 0.29) is 0 Å². The number of para-hydroxylation sites is 2. The summed E-state index contributed by atoms with van der Waals surface area (Å²) in [5.41, 5.74) is 5.47. The van der Waals surface area contributed by atoms with Gasteiger partial charge in [-0.2, -0.15) is 0 Å². The Hall–Kier alpha value is -2.56. The second-order valence-corrected chi connectivity index (χ2v) is 6.07. The van der Waals surface area contributed by atoms with Crippen LogP contribution in [0.3, 0.4) is 0 Å². The third kappa shape index (κ3) is 1.62. The standard InChI is InChI=1S/C19H14BNO2/c22-20(23)16-10-9-14-13-6-2-4-8-18(13)21-17-7-3-1-5-12(17)11-15(16)19(14)21/h1-11,16,22-23H. The van der Waals surface area contributed by atoms with Crippen LogP contribution >= 0.6 is 0 Å². The van der Waals surface area contributed by atoms with E-state index in [1.807, 2.05) is 36.4 Å². The molecule has 0 radical (unpaired) electrons. The lowest BCUT2D eigenvalue weighted by Crippen LogP contribution is -2.23. The average Bonchev–Trinajstić information content (AvgIpc) is 2.91. The lowest BCUT2D eigenvalue weighted by atomic mass is 9.66. The number of rotatable bonds is 1. The highest BCUT2D eigenvalue weighted by atomic mass is 16.4. The molecule has 0 bridgehead atoms. The minimum absolute atomic E-state index is 0.404. The minimum Gasteiger partial charge on any atom is -0.426 e. The quantitative estimate of drug-likeness (QED) is 0.529. The number of allylic oxidation sites excluding steroid dienone is 1. The third-order valence-electron chi connectivity index (χ3n) is 4.83. The molecule has 3 nitrogen and oxygen atoms in total. The lowest BCUT2D eigenvalue weighted by Gasteiger charge is -2.20. The Morgan fingerprint density at radius 3 is 2.48 bits per heavy atom. The highest BCUT2D eigenvalue weighted by Crippen LogP contribution is 2.40. The molecule has 2 aromatic carbocycles. The van der Waals surface area contributed by atoms with Gasteiger partial charge in [0.05, 0.1) is 16.6 Å². The predicted molar refractivity (Wildman–Crippen MR) is 94.4 cm³/mol. The van der Waals surface area contributed by atoms with Gasteiger partial charge in [0.15, 0.2) is 0 Å². The first-order valence-corrected chi connectivity index (χ1v) is 7.75. The zero-order valence-electron chi connectivity index (χ0n) is 12.3. The van der Waals surface area contributed by atoms with E-state index in [4.69, 9.17) is 0 Å². The zero-order chi connectivity index (χ0) is 15.6. The van der Waals surface area contributed by atoms with Crippen LogP contribution in [0.5, 0.6) is 0 Å². The molecule has 0 spiro atoms. The van der Waals surface area contributed by atoms with Crippen molar-refractivity contribution in [2.24, 2.45) is 0 Å². The number of fused-ring (bicyclic) bond motifs is 5. The summed E-state index contributed by atoms with van der Waals surface area (Å²) < 4.78 is 2.24. The Labute approximate surface area is 133 Å². The monoisotopic (exact) mass is 299 g/mol. The van der Waals surface area contributed by atoms with Crippen LogP contribution in [-0.4, -0.2) is 21.6 Å². The maximum atomic E-state index is 9.80. The van der Waals surface area contributed by atoms with Gasteiger partial charge in [0.1, 0.15) is 0 Å². The molecule has 4 heteroatoms. The first kappa shape index (κ1) is 12.9. The highest BCUT2D eigenvalue weighted by molar-refractivity contribution is 6.45. The first-order chi connectivity index (χ1) is 11.3. The topological polar surface area (TPSA) is 44.9 Å². The van der Waals surface area contributed by atoms with Crippen LogP contribution in [0.15, 0.2) is 60.7 Å². The largest absolute Gasteiger partial charge is 0.463 e. The molecule has 23 heavy (non-hydrogen) atoms. The maximum absolute atomic E-state index is 9.80. The van der Waals surface area contributed by atoms with Crippen molar-refractivity contribution in [3.63, 3.8) is 0 Å². The number of aromatic nitrogens is 1. The lowest BCUT2D eigenvalue weighted by molar-refractivity contribution is 0.397. The van der Waals surface area contributed by atoms with E-state index in [0.717, 1.165) is 33.1 Å². The van der Waals surface area contributed by atoms with Gasteiger partial charge in [0.25, 0.3) is 0 Å². The van der Waals surface area contributed by atoms with Gasteiger partial charge >= 0.3 is 7.12 Å². The maximum Gasteiger partial charge on any atom is 0.463 e. The Morgan fingerprint density at radius 1 is 0.913 bits per heavy atom. The Kier molecular flexibility index (Phi) is 2.52. The molecule has 2 N–H and O–H groups in total. The van der Waals surface area contributed by atoms with E-state index >= 15 is 0 Å². The number of benzene rings is 2. The Balaban J connectivity index is 2.10. The fourth-order valence-electron chi connectivity index (χ4n) is 3.84. The molecule has 1 aliphatic carbocycles. The molecular weight excluding hydrogens is 285 g/mol. The molecule has 5 rings (SSSR count). The molecule has 0 aliphatic heterocycles. The number of hydrogen-bond acceptors (Lipinski definition) is 2. The van der Waals surface area contributed by atoms with Gasteiger partial charge in [0.2, 0.25) is 0 Å². The average molecular weight is 299 g/mol. The molecule has 4 aromatic rings. The van der Waals surface area contributed by atoms with Crippen molar-refractivity contribution in [3.8, 4) is 0 Å². The van der Waals surface area contributed by atoms with E-state index in [9.17, 15) is 10.0 Å². The van der Waals surface area contributed by atoms with Crippen molar-refractivity contribution >= 4 is 40.5 Å². The summed E-state index contributed by atoms with van der Waals surface area (Å²) in [6.45, 7) is 0. The van der Waals surface area contributed by atoms with Crippen LogP contribution in [0.25, 0.3) is 33.4 Å². The molecule has 1 unspecified atom stereocenters. The van der Waals surface area contributed by atoms with Crippen LogP contribution in [0.4, 0.5) is 0 Å². The second kappa shape index (κ2) is 4.48. The highest BCUT2D eigenvalue weighted by Gasteiger charge is 2.30. The van der Waals surface area contributed by atoms with Crippen molar-refractivity contribution in [3.05, 3.63) is 71.8 Å². The van der Waals surface area contributed by atoms with E-state index in [1.54, 1.807) is 0 Å². The van der Waals surface area contributed by atoms with Gasteiger partial charge in [-0.05, 0) is 29.1 Å². The molecular formula is C19H14BNO2. The van der Waals surface area contributed by atoms with Crippen molar-refractivity contribution in [2.45, 2.75) is 5.82 Å². The van der Waals surface area contributed by atoms with Crippen molar-refractivity contribution < 1.29 is 10.0 Å². The van der Waals surface area contributed by atoms with Gasteiger partial charge in [-0.15, -0.1) is 0 Å². The minimum atomic E-state index is -1.40. The van der Waals surface area contributed by atoms with Gasteiger partial charge in [-0.25, -0.2) is 0 Å². The normalized spacial score (nSPS) is 16.5. The van der Waals surface area contributed by atoms with Crippen LogP contribution < -0.4 is 0 Å². The molecule has 1 atom stereocenters.